The zero-order valence-electron chi connectivity index (χ0n) is 19.6. The molecule has 0 aromatic carbocycles. The first kappa shape index (κ1) is 21.3. The number of amides is 1. The normalized spacial score (nSPS) is 13.6. The summed E-state index contributed by atoms with van der Waals surface area (Å²) < 4.78 is 0. The number of hydrogen-bond donors (Lipinski definition) is 3. The fraction of sp³-hybridized carbons (Fsp3) is 0.148. The van der Waals surface area contributed by atoms with Gasteiger partial charge in [0.25, 0.3) is 0 Å². The first-order chi connectivity index (χ1) is 18.2. The van der Waals surface area contributed by atoms with Crippen molar-refractivity contribution in [2.45, 2.75) is 19.3 Å². The van der Waals surface area contributed by atoms with E-state index < -0.39 is 0 Å². The van der Waals surface area contributed by atoms with E-state index in [1.807, 2.05) is 36.4 Å². The summed E-state index contributed by atoms with van der Waals surface area (Å²) in [5, 5.41) is 11.3. The first-order valence-corrected chi connectivity index (χ1v) is 12.1. The van der Waals surface area contributed by atoms with Crippen LogP contribution in [0.15, 0.2) is 67.4 Å². The molecule has 0 radical (unpaired) electrons. The van der Waals surface area contributed by atoms with Crippen LogP contribution in [0.4, 0.5) is 5.69 Å². The van der Waals surface area contributed by atoms with Gasteiger partial charge in [0.2, 0.25) is 5.91 Å². The number of nitrogens with one attached hydrogen (secondary N) is 3. The minimum absolute atomic E-state index is 0.0559. The zero-order valence-corrected chi connectivity index (χ0v) is 19.6. The first-order valence-electron chi connectivity index (χ1n) is 12.1. The number of pyridine rings is 4. The molecule has 0 unspecified atom stereocenters. The van der Waals surface area contributed by atoms with E-state index in [1.165, 1.54) is 0 Å². The highest BCUT2D eigenvalue weighted by molar-refractivity contribution is 5.96. The molecular weight excluding hydrogens is 466 g/mol. The highest BCUT2D eigenvalue weighted by atomic mass is 16.1. The number of carbonyl (C=O) groups is 1. The topological polar surface area (TPSA) is 138 Å². The fourth-order valence-corrected chi connectivity index (χ4v) is 4.56. The molecule has 7 rings (SSSR count). The number of hydrogen-bond acceptors (Lipinski definition) is 7. The van der Waals surface area contributed by atoms with Crippen LogP contribution >= 0.6 is 0 Å². The molecule has 1 aliphatic rings. The van der Waals surface area contributed by atoms with Gasteiger partial charge >= 0.3 is 0 Å². The summed E-state index contributed by atoms with van der Waals surface area (Å²) in [5.41, 5.74) is 6.69. The Bertz CT molecular complexity index is 1770. The molecule has 6 aromatic rings. The molecule has 0 aliphatic heterocycles. The summed E-state index contributed by atoms with van der Waals surface area (Å²) >= 11 is 0. The number of fused-ring (bicyclic) bond motifs is 2. The summed E-state index contributed by atoms with van der Waals surface area (Å²) in [4.78, 5) is 38.4. The van der Waals surface area contributed by atoms with Crippen LogP contribution in [0, 0.1) is 5.92 Å². The predicted octanol–water partition coefficient (Wildman–Crippen LogP) is 4.76. The van der Waals surface area contributed by atoms with Crippen molar-refractivity contribution in [1.82, 2.24) is 40.1 Å². The molecule has 0 atom stereocenters. The minimum Gasteiger partial charge on any atom is -0.337 e. The summed E-state index contributed by atoms with van der Waals surface area (Å²) in [6, 6.07) is 11.5. The largest absolute Gasteiger partial charge is 0.337 e. The van der Waals surface area contributed by atoms with Crippen molar-refractivity contribution >= 4 is 33.7 Å². The van der Waals surface area contributed by atoms with Crippen LogP contribution in [0.2, 0.25) is 0 Å². The maximum atomic E-state index is 12.4. The second-order valence-corrected chi connectivity index (χ2v) is 9.13. The molecule has 1 fully saturated rings. The number of H-pyrrole nitrogens is 2. The van der Waals surface area contributed by atoms with E-state index in [0.717, 1.165) is 58.2 Å². The predicted molar refractivity (Wildman–Crippen MR) is 139 cm³/mol. The average molecular weight is 488 g/mol. The number of aromatic nitrogens is 8. The third kappa shape index (κ3) is 3.79. The van der Waals surface area contributed by atoms with Gasteiger partial charge in [0.05, 0.1) is 28.5 Å². The maximum absolute atomic E-state index is 12.4. The quantitative estimate of drug-likeness (QED) is 0.319. The zero-order chi connectivity index (χ0) is 24.8. The molecule has 37 heavy (non-hydrogen) atoms. The summed E-state index contributed by atoms with van der Waals surface area (Å²) in [6.07, 6.45) is 11.7. The number of nitrogens with zero attached hydrogens (tertiary/aromatic N) is 6. The maximum Gasteiger partial charge on any atom is 0.227 e. The van der Waals surface area contributed by atoms with Crippen LogP contribution < -0.4 is 5.32 Å². The van der Waals surface area contributed by atoms with Crippen LogP contribution in [-0.4, -0.2) is 46.0 Å². The highest BCUT2D eigenvalue weighted by Crippen LogP contribution is 2.32. The lowest BCUT2D eigenvalue weighted by atomic mass is 9.85. The Hall–Kier alpha value is -4.99. The summed E-state index contributed by atoms with van der Waals surface area (Å²) in [6.45, 7) is 0. The molecule has 1 aliphatic carbocycles. The van der Waals surface area contributed by atoms with Gasteiger partial charge in [-0.25, -0.2) is 9.97 Å². The number of imidazole rings is 1. The van der Waals surface area contributed by atoms with Gasteiger partial charge in [-0.05, 0) is 43.2 Å². The van der Waals surface area contributed by atoms with E-state index in [-0.39, 0.29) is 11.8 Å². The van der Waals surface area contributed by atoms with Crippen LogP contribution in [0.25, 0.3) is 56.1 Å². The molecule has 1 amide bonds. The Labute approximate surface area is 210 Å². The van der Waals surface area contributed by atoms with Crippen molar-refractivity contribution in [3.05, 3.63) is 67.4 Å². The third-order valence-corrected chi connectivity index (χ3v) is 6.77. The molecule has 6 aromatic heterocycles. The number of anilines is 1. The van der Waals surface area contributed by atoms with E-state index >= 15 is 0 Å². The van der Waals surface area contributed by atoms with Gasteiger partial charge in [0, 0.05) is 41.8 Å². The second-order valence-electron chi connectivity index (χ2n) is 9.13. The number of rotatable bonds is 5. The van der Waals surface area contributed by atoms with Crippen LogP contribution in [0.1, 0.15) is 19.3 Å². The van der Waals surface area contributed by atoms with Crippen molar-refractivity contribution in [2.24, 2.45) is 5.92 Å². The monoisotopic (exact) mass is 487 g/mol. The minimum atomic E-state index is 0.0559. The highest BCUT2D eigenvalue weighted by Gasteiger charge is 2.25. The average Bonchev–Trinajstić information content (AvgIpc) is 3.52. The van der Waals surface area contributed by atoms with Gasteiger partial charge in [-0.3, -0.25) is 24.8 Å². The van der Waals surface area contributed by atoms with Crippen molar-refractivity contribution < 1.29 is 4.79 Å². The van der Waals surface area contributed by atoms with Crippen LogP contribution in [0.5, 0.6) is 0 Å². The van der Waals surface area contributed by atoms with Gasteiger partial charge in [0.15, 0.2) is 11.5 Å². The van der Waals surface area contributed by atoms with Gasteiger partial charge < -0.3 is 10.3 Å². The molecule has 0 bridgehead atoms. The van der Waals surface area contributed by atoms with E-state index in [9.17, 15) is 4.79 Å². The molecule has 0 saturated heterocycles. The molecule has 10 heteroatoms. The van der Waals surface area contributed by atoms with Crippen molar-refractivity contribution in [1.29, 1.82) is 0 Å². The third-order valence-electron chi connectivity index (χ3n) is 6.77. The van der Waals surface area contributed by atoms with E-state index in [1.54, 1.807) is 31.0 Å². The van der Waals surface area contributed by atoms with Gasteiger partial charge in [-0.1, -0.05) is 12.5 Å². The van der Waals surface area contributed by atoms with Crippen LogP contribution in [-0.2, 0) is 4.79 Å². The van der Waals surface area contributed by atoms with Gasteiger partial charge in [0.1, 0.15) is 16.9 Å². The SMILES string of the molecule is O=C(Nc1cncc(-c2cnc3n[nH]c(-c4nc5c(-c6ccccn6)nccc5[nH]4)c3c2)c1)C1CCC1. The molecule has 3 N–H and O–H groups in total. The van der Waals surface area contributed by atoms with Crippen molar-refractivity contribution in [3.8, 4) is 34.0 Å². The lowest BCUT2D eigenvalue weighted by molar-refractivity contribution is -0.122. The van der Waals surface area contributed by atoms with Gasteiger partial charge in [-0.15, -0.1) is 0 Å². The summed E-state index contributed by atoms with van der Waals surface area (Å²) in [7, 11) is 0. The molecule has 0 spiro atoms. The summed E-state index contributed by atoms with van der Waals surface area (Å²) in [5.74, 6) is 0.786. The van der Waals surface area contributed by atoms with Crippen LogP contribution in [0.3, 0.4) is 0 Å². The van der Waals surface area contributed by atoms with E-state index in [0.29, 0.717) is 22.9 Å². The Morgan fingerprint density at radius 1 is 0.973 bits per heavy atom. The second kappa shape index (κ2) is 8.59. The van der Waals surface area contributed by atoms with Crippen molar-refractivity contribution in [3.63, 3.8) is 0 Å². The lowest BCUT2D eigenvalue weighted by Gasteiger charge is -2.24. The molecule has 180 valence electrons. The Kier molecular flexibility index (Phi) is 4.95. The molecule has 6 heterocycles. The lowest BCUT2D eigenvalue weighted by Crippen LogP contribution is -2.28. The van der Waals surface area contributed by atoms with E-state index in [2.05, 4.69) is 40.4 Å². The molecule has 10 nitrogen and oxygen atoms in total. The molecule has 1 saturated carbocycles. The molecular formula is C27H21N9O. The standard InChI is InChI=1S/C27H21N9O/c37-27(15-4-3-5-15)32-18-10-16(12-28-14-18)17-11-19-22(35-36-25(19)31-13-17)26-33-21-7-9-30-23(24(21)34-26)20-6-1-2-8-29-20/h1-2,6-15H,3-5H2,(H,32,37)(H,33,34)(H,31,35,36). The fourth-order valence-electron chi connectivity index (χ4n) is 4.56. The Balaban J connectivity index is 1.26. The smallest absolute Gasteiger partial charge is 0.227 e. The van der Waals surface area contributed by atoms with Crippen molar-refractivity contribution in [2.75, 3.05) is 5.32 Å². The number of aromatic amines is 2. The van der Waals surface area contributed by atoms with E-state index in [4.69, 9.17) is 4.98 Å². The van der Waals surface area contributed by atoms with Gasteiger partial charge in [-0.2, -0.15) is 5.10 Å². The Morgan fingerprint density at radius 2 is 1.89 bits per heavy atom. The number of carbonyl (C=O) groups excluding carboxylic acids is 1. The Morgan fingerprint density at radius 3 is 2.73 bits per heavy atom.